The summed E-state index contributed by atoms with van der Waals surface area (Å²) >= 11 is 3.14. The van der Waals surface area contributed by atoms with Crippen LogP contribution in [0.25, 0.3) is 0 Å². The Morgan fingerprint density at radius 2 is 2.29 bits per heavy atom. The number of carbonyl (C=O) groups excluding carboxylic acids is 1. The van der Waals surface area contributed by atoms with Gasteiger partial charge in [-0.2, -0.15) is 0 Å². The Morgan fingerprint density at radius 3 is 2.94 bits per heavy atom. The molecule has 0 unspecified atom stereocenters. The Kier molecular flexibility index (Phi) is 3.43. The lowest BCUT2D eigenvalue weighted by Crippen LogP contribution is -2.22. The third-order valence-corrected chi connectivity index (χ3v) is 2.80. The fourth-order valence-corrected chi connectivity index (χ4v) is 1.50. The minimum atomic E-state index is -0.282. The van der Waals surface area contributed by atoms with E-state index in [9.17, 15) is 9.90 Å². The first kappa shape index (κ1) is 11.7. The summed E-state index contributed by atoms with van der Waals surface area (Å²) in [4.78, 5) is 11.7. The second-order valence-corrected chi connectivity index (χ2v) is 4.19. The van der Waals surface area contributed by atoms with E-state index >= 15 is 0 Å². The van der Waals surface area contributed by atoms with Gasteiger partial charge in [-0.25, -0.2) is 0 Å². The molecule has 0 fully saturated rings. The van der Waals surface area contributed by atoms with Crippen LogP contribution in [-0.2, 0) is 6.54 Å². The van der Waals surface area contributed by atoms with Gasteiger partial charge < -0.3 is 14.9 Å². The van der Waals surface area contributed by atoms with E-state index in [0.29, 0.717) is 15.7 Å². The molecule has 0 atom stereocenters. The number of carbonyl (C=O) groups is 1. The molecule has 1 amide bonds. The summed E-state index contributed by atoms with van der Waals surface area (Å²) in [6.07, 6.45) is 1.44. The number of phenolic OH excluding ortho intramolecular Hbond substituents is 1. The Morgan fingerprint density at radius 1 is 1.47 bits per heavy atom. The zero-order chi connectivity index (χ0) is 12.3. The van der Waals surface area contributed by atoms with E-state index in [-0.39, 0.29) is 18.2 Å². The molecule has 2 N–H and O–H groups in total. The first-order chi connectivity index (χ1) is 8.16. The first-order valence-electron chi connectivity index (χ1n) is 4.83. The van der Waals surface area contributed by atoms with Crippen LogP contribution in [0.15, 0.2) is 39.5 Å². The standard InChI is InChI=1S/C11H9BrN2O3/c12-9-2-1-7(5-10(9)15)11(16)13-6-8-3-4-17-14-8/h1-5,15H,6H2,(H,13,16). The van der Waals surface area contributed by atoms with Crippen LogP contribution in [0.1, 0.15) is 16.1 Å². The van der Waals surface area contributed by atoms with Crippen LogP contribution in [0.5, 0.6) is 5.75 Å². The lowest BCUT2D eigenvalue weighted by atomic mass is 10.2. The average molecular weight is 297 g/mol. The largest absolute Gasteiger partial charge is 0.507 e. The average Bonchev–Trinajstić information content (AvgIpc) is 2.82. The molecule has 2 rings (SSSR count). The SMILES string of the molecule is O=C(NCc1ccon1)c1ccc(Br)c(O)c1. The smallest absolute Gasteiger partial charge is 0.251 e. The fraction of sp³-hybridized carbons (Fsp3) is 0.0909. The van der Waals surface area contributed by atoms with Gasteiger partial charge in [0.1, 0.15) is 17.7 Å². The number of halogens is 1. The van der Waals surface area contributed by atoms with Gasteiger partial charge in [0.25, 0.3) is 5.91 Å². The second-order valence-electron chi connectivity index (χ2n) is 3.34. The molecule has 0 aliphatic carbocycles. The van der Waals surface area contributed by atoms with E-state index < -0.39 is 0 Å². The van der Waals surface area contributed by atoms with Crippen molar-refractivity contribution in [3.8, 4) is 5.75 Å². The zero-order valence-electron chi connectivity index (χ0n) is 8.68. The minimum absolute atomic E-state index is 0.0269. The van der Waals surface area contributed by atoms with Crippen molar-refractivity contribution in [3.63, 3.8) is 0 Å². The van der Waals surface area contributed by atoms with Crippen molar-refractivity contribution < 1.29 is 14.4 Å². The minimum Gasteiger partial charge on any atom is -0.507 e. The number of aromatic hydroxyl groups is 1. The van der Waals surface area contributed by atoms with Crippen LogP contribution in [0.3, 0.4) is 0 Å². The summed E-state index contributed by atoms with van der Waals surface area (Å²) in [7, 11) is 0. The molecular formula is C11H9BrN2O3. The van der Waals surface area contributed by atoms with Gasteiger partial charge >= 0.3 is 0 Å². The number of phenols is 1. The molecule has 0 saturated carbocycles. The zero-order valence-corrected chi connectivity index (χ0v) is 10.3. The predicted molar refractivity (Wildman–Crippen MR) is 63.5 cm³/mol. The van der Waals surface area contributed by atoms with E-state index in [1.165, 1.54) is 12.3 Å². The summed E-state index contributed by atoms with van der Waals surface area (Å²) in [5, 5.41) is 15.8. The molecule has 1 aromatic heterocycles. The Bertz CT molecular complexity index is 526. The van der Waals surface area contributed by atoms with E-state index in [2.05, 4.69) is 30.9 Å². The summed E-state index contributed by atoms with van der Waals surface area (Å²) in [5.41, 5.74) is 1.02. The molecule has 0 saturated heterocycles. The van der Waals surface area contributed by atoms with Gasteiger partial charge in [-0.3, -0.25) is 4.79 Å². The van der Waals surface area contributed by atoms with Gasteiger partial charge in [-0.1, -0.05) is 5.16 Å². The highest BCUT2D eigenvalue weighted by atomic mass is 79.9. The predicted octanol–water partition coefficient (Wildman–Crippen LogP) is 2.07. The first-order valence-corrected chi connectivity index (χ1v) is 5.62. The summed E-state index contributed by atoms with van der Waals surface area (Å²) in [5.74, 6) is -0.255. The Labute approximate surface area is 106 Å². The van der Waals surface area contributed by atoms with Crippen LogP contribution >= 0.6 is 15.9 Å². The van der Waals surface area contributed by atoms with Gasteiger partial charge in [0.15, 0.2) is 0 Å². The molecule has 6 heteroatoms. The van der Waals surface area contributed by atoms with E-state index in [0.717, 1.165) is 0 Å². The number of rotatable bonds is 3. The highest BCUT2D eigenvalue weighted by molar-refractivity contribution is 9.10. The van der Waals surface area contributed by atoms with Gasteiger partial charge in [0.2, 0.25) is 0 Å². The number of nitrogens with one attached hydrogen (secondary N) is 1. The number of hydrogen-bond acceptors (Lipinski definition) is 4. The molecule has 0 bridgehead atoms. The maximum absolute atomic E-state index is 11.7. The highest BCUT2D eigenvalue weighted by Crippen LogP contribution is 2.24. The number of aromatic nitrogens is 1. The van der Waals surface area contributed by atoms with Crippen molar-refractivity contribution in [1.82, 2.24) is 10.5 Å². The third kappa shape index (κ3) is 2.85. The van der Waals surface area contributed by atoms with Crippen molar-refractivity contribution >= 4 is 21.8 Å². The summed E-state index contributed by atoms with van der Waals surface area (Å²) < 4.78 is 5.19. The molecule has 2 aromatic rings. The third-order valence-electron chi connectivity index (χ3n) is 2.13. The molecule has 0 aliphatic heterocycles. The Balaban J connectivity index is 2.02. The lowest BCUT2D eigenvalue weighted by molar-refractivity contribution is 0.0949. The van der Waals surface area contributed by atoms with E-state index in [1.54, 1.807) is 18.2 Å². The van der Waals surface area contributed by atoms with E-state index in [4.69, 9.17) is 0 Å². The lowest BCUT2D eigenvalue weighted by Gasteiger charge is -2.04. The molecule has 17 heavy (non-hydrogen) atoms. The van der Waals surface area contributed by atoms with Crippen LogP contribution in [0, 0.1) is 0 Å². The molecule has 1 heterocycles. The molecule has 0 radical (unpaired) electrons. The fourth-order valence-electron chi connectivity index (χ4n) is 1.26. The molecule has 0 aliphatic rings. The summed E-state index contributed by atoms with van der Waals surface area (Å²) in [6.45, 7) is 0.284. The van der Waals surface area contributed by atoms with Crippen LogP contribution < -0.4 is 5.32 Å². The van der Waals surface area contributed by atoms with Gasteiger partial charge in [0, 0.05) is 11.6 Å². The van der Waals surface area contributed by atoms with Crippen molar-refractivity contribution in [3.05, 3.63) is 46.3 Å². The normalized spacial score (nSPS) is 10.2. The molecule has 1 aromatic carbocycles. The number of nitrogens with zero attached hydrogens (tertiary/aromatic N) is 1. The van der Waals surface area contributed by atoms with Gasteiger partial charge in [-0.15, -0.1) is 0 Å². The van der Waals surface area contributed by atoms with Crippen molar-refractivity contribution in [2.24, 2.45) is 0 Å². The van der Waals surface area contributed by atoms with Crippen LogP contribution in [0.2, 0.25) is 0 Å². The maximum atomic E-state index is 11.7. The molecular weight excluding hydrogens is 288 g/mol. The number of amides is 1. The topological polar surface area (TPSA) is 75.4 Å². The van der Waals surface area contributed by atoms with Crippen LogP contribution in [-0.4, -0.2) is 16.2 Å². The quantitative estimate of drug-likeness (QED) is 0.909. The van der Waals surface area contributed by atoms with Crippen molar-refractivity contribution in [1.29, 1.82) is 0 Å². The van der Waals surface area contributed by atoms with Crippen molar-refractivity contribution in [2.45, 2.75) is 6.54 Å². The van der Waals surface area contributed by atoms with Crippen molar-refractivity contribution in [2.75, 3.05) is 0 Å². The van der Waals surface area contributed by atoms with Gasteiger partial charge in [0.05, 0.1) is 11.0 Å². The number of benzene rings is 1. The molecule has 5 nitrogen and oxygen atoms in total. The Hall–Kier alpha value is -1.82. The number of hydrogen-bond donors (Lipinski definition) is 2. The van der Waals surface area contributed by atoms with Gasteiger partial charge in [-0.05, 0) is 34.1 Å². The second kappa shape index (κ2) is 5.01. The molecule has 0 spiro atoms. The van der Waals surface area contributed by atoms with Crippen LogP contribution in [0.4, 0.5) is 0 Å². The molecule has 88 valence electrons. The summed E-state index contributed by atoms with van der Waals surface area (Å²) in [6, 6.07) is 6.28. The maximum Gasteiger partial charge on any atom is 0.251 e. The van der Waals surface area contributed by atoms with E-state index in [1.807, 2.05) is 0 Å². The monoisotopic (exact) mass is 296 g/mol. The highest BCUT2D eigenvalue weighted by Gasteiger charge is 2.08.